The third-order valence-corrected chi connectivity index (χ3v) is 4.11. The van der Waals surface area contributed by atoms with Crippen molar-refractivity contribution < 1.29 is 13.2 Å². The summed E-state index contributed by atoms with van der Waals surface area (Å²) in [4.78, 5) is 2.15. The summed E-state index contributed by atoms with van der Waals surface area (Å²) in [5.41, 5.74) is 0.264. The highest BCUT2D eigenvalue weighted by atomic mass is 19.2. The van der Waals surface area contributed by atoms with Gasteiger partial charge < -0.3 is 5.32 Å². The normalized spacial score (nSPS) is 19.9. The number of rotatable bonds is 4. The van der Waals surface area contributed by atoms with Crippen molar-refractivity contribution >= 4 is 0 Å². The summed E-state index contributed by atoms with van der Waals surface area (Å²) in [6.07, 6.45) is 0.854. The summed E-state index contributed by atoms with van der Waals surface area (Å²) in [5.74, 6) is -3.37. The van der Waals surface area contributed by atoms with Crippen LogP contribution < -0.4 is 5.32 Å². The van der Waals surface area contributed by atoms with Crippen molar-refractivity contribution in [3.8, 4) is 0 Å². The predicted molar refractivity (Wildman–Crippen MR) is 73.0 cm³/mol. The standard InChI is InChI=1S/C15H21F3N2/c1-3-10(2)15(20-8-6-19-7-9-20)11-4-5-12(16)14(18)13(11)17/h4-5,10,15,19H,3,6-9H2,1-2H3/t10?,15-/m1/s1. The van der Waals surface area contributed by atoms with E-state index in [9.17, 15) is 13.2 Å². The predicted octanol–water partition coefficient (Wildman–Crippen LogP) is 3.10. The van der Waals surface area contributed by atoms with Crippen molar-refractivity contribution in [2.75, 3.05) is 26.2 Å². The van der Waals surface area contributed by atoms with Gasteiger partial charge in [0.2, 0.25) is 0 Å². The van der Waals surface area contributed by atoms with Gasteiger partial charge in [-0.25, -0.2) is 13.2 Å². The molecule has 1 fully saturated rings. The lowest BCUT2D eigenvalue weighted by Crippen LogP contribution is -2.46. The van der Waals surface area contributed by atoms with Gasteiger partial charge in [-0.1, -0.05) is 26.3 Å². The van der Waals surface area contributed by atoms with Crippen LogP contribution in [0, 0.1) is 23.4 Å². The number of hydrogen-bond donors (Lipinski definition) is 1. The molecule has 2 atom stereocenters. The molecule has 112 valence electrons. The van der Waals surface area contributed by atoms with Gasteiger partial charge in [-0.15, -0.1) is 0 Å². The SMILES string of the molecule is CCC(C)[C@H](c1ccc(F)c(F)c1F)N1CCNCC1. The van der Waals surface area contributed by atoms with Crippen LogP contribution in [-0.2, 0) is 0 Å². The Balaban J connectivity index is 2.38. The Hall–Kier alpha value is -1.07. The van der Waals surface area contributed by atoms with E-state index in [1.807, 2.05) is 13.8 Å². The Morgan fingerprint density at radius 1 is 1.15 bits per heavy atom. The van der Waals surface area contributed by atoms with E-state index in [2.05, 4.69) is 10.2 Å². The van der Waals surface area contributed by atoms with E-state index in [0.717, 1.165) is 38.7 Å². The van der Waals surface area contributed by atoms with Gasteiger partial charge in [0, 0.05) is 37.8 Å². The van der Waals surface area contributed by atoms with Crippen LogP contribution in [0.1, 0.15) is 31.9 Å². The minimum atomic E-state index is -1.37. The van der Waals surface area contributed by atoms with Crippen molar-refractivity contribution in [3.63, 3.8) is 0 Å². The molecular weight excluding hydrogens is 265 g/mol. The number of hydrogen-bond acceptors (Lipinski definition) is 2. The summed E-state index contributed by atoms with van der Waals surface area (Å²) < 4.78 is 40.7. The van der Waals surface area contributed by atoms with Gasteiger partial charge in [0.25, 0.3) is 0 Å². The van der Waals surface area contributed by atoms with Gasteiger partial charge in [-0.05, 0) is 12.0 Å². The molecule has 1 aliphatic rings. The van der Waals surface area contributed by atoms with Crippen molar-refractivity contribution in [2.45, 2.75) is 26.3 Å². The van der Waals surface area contributed by atoms with Gasteiger partial charge >= 0.3 is 0 Å². The van der Waals surface area contributed by atoms with Crippen LogP contribution in [0.4, 0.5) is 13.2 Å². The molecule has 0 aromatic heterocycles. The van der Waals surface area contributed by atoms with Crippen LogP contribution in [-0.4, -0.2) is 31.1 Å². The molecule has 20 heavy (non-hydrogen) atoms. The fraction of sp³-hybridized carbons (Fsp3) is 0.600. The summed E-state index contributed by atoms with van der Waals surface area (Å²) in [7, 11) is 0. The molecule has 2 rings (SSSR count). The van der Waals surface area contributed by atoms with E-state index in [-0.39, 0.29) is 17.5 Å². The van der Waals surface area contributed by atoms with Crippen molar-refractivity contribution in [1.82, 2.24) is 10.2 Å². The van der Waals surface area contributed by atoms with Crippen LogP contribution in [0.25, 0.3) is 0 Å². The number of nitrogens with one attached hydrogen (secondary N) is 1. The molecule has 1 heterocycles. The first-order valence-corrected chi connectivity index (χ1v) is 7.14. The second-order valence-electron chi connectivity index (χ2n) is 5.38. The minimum Gasteiger partial charge on any atom is -0.314 e. The molecule has 0 radical (unpaired) electrons. The molecule has 1 N–H and O–H groups in total. The van der Waals surface area contributed by atoms with Crippen molar-refractivity contribution in [2.24, 2.45) is 5.92 Å². The average Bonchev–Trinajstić information content (AvgIpc) is 2.48. The molecule has 0 amide bonds. The molecule has 1 unspecified atom stereocenters. The van der Waals surface area contributed by atoms with E-state index in [0.29, 0.717) is 0 Å². The molecule has 2 nitrogen and oxygen atoms in total. The molecule has 0 aliphatic carbocycles. The molecule has 1 saturated heterocycles. The largest absolute Gasteiger partial charge is 0.314 e. The van der Waals surface area contributed by atoms with Gasteiger partial charge in [0.05, 0.1) is 0 Å². The van der Waals surface area contributed by atoms with Crippen LogP contribution in [0.15, 0.2) is 12.1 Å². The number of piperazine rings is 1. The molecule has 0 bridgehead atoms. The van der Waals surface area contributed by atoms with Gasteiger partial charge in [0.15, 0.2) is 17.5 Å². The lowest BCUT2D eigenvalue weighted by Gasteiger charge is -2.38. The number of halogens is 3. The average molecular weight is 286 g/mol. The smallest absolute Gasteiger partial charge is 0.194 e. The zero-order chi connectivity index (χ0) is 14.7. The fourth-order valence-corrected chi connectivity index (χ4v) is 2.82. The van der Waals surface area contributed by atoms with Gasteiger partial charge in [-0.2, -0.15) is 0 Å². The lowest BCUT2D eigenvalue weighted by molar-refractivity contribution is 0.124. The first-order chi connectivity index (χ1) is 9.56. The zero-order valence-corrected chi connectivity index (χ0v) is 11.9. The summed E-state index contributed by atoms with van der Waals surface area (Å²) >= 11 is 0. The molecular formula is C15H21F3N2. The summed E-state index contributed by atoms with van der Waals surface area (Å²) in [6, 6.07) is 2.19. The second-order valence-corrected chi connectivity index (χ2v) is 5.38. The molecule has 5 heteroatoms. The highest BCUT2D eigenvalue weighted by Gasteiger charge is 2.30. The maximum atomic E-state index is 14.1. The first kappa shape index (κ1) is 15.3. The Morgan fingerprint density at radius 2 is 1.80 bits per heavy atom. The zero-order valence-electron chi connectivity index (χ0n) is 11.9. The van der Waals surface area contributed by atoms with Crippen LogP contribution >= 0.6 is 0 Å². The van der Waals surface area contributed by atoms with Crippen LogP contribution in [0.3, 0.4) is 0 Å². The van der Waals surface area contributed by atoms with E-state index in [1.165, 1.54) is 6.07 Å². The third kappa shape index (κ3) is 2.99. The van der Waals surface area contributed by atoms with Gasteiger partial charge in [0.1, 0.15) is 0 Å². The van der Waals surface area contributed by atoms with Gasteiger partial charge in [-0.3, -0.25) is 4.90 Å². The molecule has 1 aromatic carbocycles. The molecule has 0 spiro atoms. The monoisotopic (exact) mass is 286 g/mol. The van der Waals surface area contributed by atoms with E-state index in [4.69, 9.17) is 0 Å². The minimum absolute atomic E-state index is 0.174. The van der Waals surface area contributed by atoms with E-state index >= 15 is 0 Å². The second kappa shape index (κ2) is 6.59. The highest BCUT2D eigenvalue weighted by Crippen LogP contribution is 2.33. The Labute approximate surface area is 118 Å². The van der Waals surface area contributed by atoms with E-state index < -0.39 is 17.5 Å². The quantitative estimate of drug-likeness (QED) is 0.856. The van der Waals surface area contributed by atoms with E-state index in [1.54, 1.807) is 0 Å². The highest BCUT2D eigenvalue weighted by molar-refractivity contribution is 5.24. The Morgan fingerprint density at radius 3 is 2.40 bits per heavy atom. The maximum absolute atomic E-state index is 14.1. The van der Waals surface area contributed by atoms with Crippen LogP contribution in [0.5, 0.6) is 0 Å². The lowest BCUT2D eigenvalue weighted by atomic mass is 9.90. The summed E-state index contributed by atoms with van der Waals surface area (Å²) in [5, 5.41) is 3.24. The number of benzene rings is 1. The van der Waals surface area contributed by atoms with Crippen LogP contribution in [0.2, 0.25) is 0 Å². The Bertz CT molecular complexity index is 459. The molecule has 1 aromatic rings. The fourth-order valence-electron chi connectivity index (χ4n) is 2.82. The summed E-state index contributed by atoms with van der Waals surface area (Å²) in [6.45, 7) is 7.28. The molecule has 1 aliphatic heterocycles. The molecule has 0 saturated carbocycles. The van der Waals surface area contributed by atoms with Crippen molar-refractivity contribution in [1.29, 1.82) is 0 Å². The Kier molecular flexibility index (Phi) is 5.05. The topological polar surface area (TPSA) is 15.3 Å². The first-order valence-electron chi connectivity index (χ1n) is 7.14. The maximum Gasteiger partial charge on any atom is 0.194 e. The van der Waals surface area contributed by atoms with Crippen molar-refractivity contribution in [3.05, 3.63) is 35.1 Å². The number of nitrogens with zero attached hydrogens (tertiary/aromatic N) is 1. The third-order valence-electron chi connectivity index (χ3n) is 4.11.